The lowest BCUT2D eigenvalue weighted by Gasteiger charge is -2.15. The van der Waals surface area contributed by atoms with Crippen molar-refractivity contribution in [1.82, 2.24) is 9.97 Å². The maximum absolute atomic E-state index is 14.2. The van der Waals surface area contributed by atoms with Gasteiger partial charge in [-0.25, -0.2) is 22.5 Å². The lowest BCUT2D eigenvalue weighted by molar-refractivity contribution is 0.414. The molecule has 7 nitrogen and oxygen atoms in total. The predicted octanol–water partition coefficient (Wildman–Crippen LogP) is 6.01. The third kappa shape index (κ3) is 5.58. The van der Waals surface area contributed by atoms with Gasteiger partial charge in [-0.1, -0.05) is 50.2 Å². The Hall–Kier alpha value is -3.98. The highest BCUT2D eigenvalue weighted by Gasteiger charge is 2.19. The highest BCUT2D eigenvalue weighted by Crippen LogP contribution is 2.32. The van der Waals surface area contributed by atoms with E-state index >= 15 is 0 Å². The molecule has 0 fully saturated rings. The minimum absolute atomic E-state index is 0.00598. The summed E-state index contributed by atoms with van der Waals surface area (Å²) in [5.74, 6) is -0.132. The number of ether oxygens (including phenoxy) is 2. The van der Waals surface area contributed by atoms with Crippen molar-refractivity contribution >= 4 is 16.0 Å². The molecule has 0 amide bonds. The number of hydrogen-bond acceptors (Lipinski definition) is 6. The van der Waals surface area contributed by atoms with E-state index in [0.29, 0.717) is 11.4 Å². The van der Waals surface area contributed by atoms with Gasteiger partial charge in [-0.2, -0.15) is 4.98 Å². The van der Waals surface area contributed by atoms with Gasteiger partial charge in [0.25, 0.3) is 10.0 Å². The van der Waals surface area contributed by atoms with Crippen molar-refractivity contribution in [3.05, 3.63) is 90.2 Å². The van der Waals surface area contributed by atoms with Crippen molar-refractivity contribution in [3.63, 3.8) is 0 Å². The van der Waals surface area contributed by atoms with E-state index in [1.165, 1.54) is 43.5 Å². The average Bonchev–Trinajstić information content (AvgIpc) is 2.85. The van der Waals surface area contributed by atoms with Gasteiger partial charge in [0.15, 0.2) is 11.6 Å². The van der Waals surface area contributed by atoms with Crippen LogP contribution in [0.1, 0.15) is 25.3 Å². The molecule has 1 heterocycles. The zero-order valence-corrected chi connectivity index (χ0v) is 20.2. The fraction of sp³-hybridized carbons (Fsp3) is 0.154. The quantitative estimate of drug-likeness (QED) is 0.323. The predicted molar refractivity (Wildman–Crippen MR) is 132 cm³/mol. The van der Waals surface area contributed by atoms with Crippen LogP contribution >= 0.6 is 0 Å². The van der Waals surface area contributed by atoms with Crippen LogP contribution in [0.15, 0.2) is 83.8 Å². The first kappa shape index (κ1) is 24.2. The highest BCUT2D eigenvalue weighted by molar-refractivity contribution is 7.92. The van der Waals surface area contributed by atoms with E-state index in [2.05, 4.69) is 14.7 Å². The Morgan fingerprint density at radius 3 is 2.29 bits per heavy atom. The first-order valence-corrected chi connectivity index (χ1v) is 12.3. The Morgan fingerprint density at radius 1 is 0.914 bits per heavy atom. The van der Waals surface area contributed by atoms with Gasteiger partial charge in [0, 0.05) is 11.6 Å². The lowest BCUT2D eigenvalue weighted by Crippen LogP contribution is -2.15. The van der Waals surface area contributed by atoms with E-state index in [0.717, 1.165) is 11.1 Å². The number of nitrogens with one attached hydrogen (secondary N) is 1. The highest BCUT2D eigenvalue weighted by atomic mass is 32.2. The van der Waals surface area contributed by atoms with Gasteiger partial charge in [0.05, 0.1) is 17.7 Å². The molecule has 35 heavy (non-hydrogen) atoms. The normalized spacial score (nSPS) is 11.3. The number of para-hydroxylation sites is 1. The van der Waals surface area contributed by atoms with Crippen LogP contribution in [-0.2, 0) is 10.0 Å². The third-order valence-corrected chi connectivity index (χ3v) is 6.55. The Kier molecular flexibility index (Phi) is 6.97. The van der Waals surface area contributed by atoms with Gasteiger partial charge < -0.3 is 9.47 Å². The minimum Gasteiger partial charge on any atom is -0.497 e. The molecule has 3 aromatic carbocycles. The standard InChI is InChI=1S/C26H24FN3O4S/c1-17(2)20-8-4-5-9-21(20)23-16-25(34-24-11-7-6-10-22(24)27)29-26(28-23)30-35(31,32)19-14-12-18(33-3)13-15-19/h4-17H,1-3H3,(H,28,29,30). The van der Waals surface area contributed by atoms with Crippen LogP contribution in [0.25, 0.3) is 11.3 Å². The molecule has 1 aromatic heterocycles. The van der Waals surface area contributed by atoms with E-state index in [1.54, 1.807) is 18.2 Å². The maximum atomic E-state index is 14.2. The Balaban J connectivity index is 1.79. The number of aromatic nitrogens is 2. The molecule has 0 radical (unpaired) electrons. The maximum Gasteiger partial charge on any atom is 0.264 e. The molecule has 4 aromatic rings. The molecule has 0 aliphatic carbocycles. The summed E-state index contributed by atoms with van der Waals surface area (Å²) in [5.41, 5.74) is 2.23. The topological polar surface area (TPSA) is 90.4 Å². The first-order chi connectivity index (χ1) is 16.8. The summed E-state index contributed by atoms with van der Waals surface area (Å²) in [4.78, 5) is 8.66. The van der Waals surface area contributed by atoms with Crippen LogP contribution in [0.4, 0.5) is 10.3 Å². The second-order valence-corrected chi connectivity index (χ2v) is 9.65. The third-order valence-electron chi connectivity index (χ3n) is 5.21. The molecule has 0 bridgehead atoms. The molecular formula is C26H24FN3O4S. The van der Waals surface area contributed by atoms with Crippen molar-refractivity contribution in [3.8, 4) is 28.6 Å². The largest absolute Gasteiger partial charge is 0.497 e. The summed E-state index contributed by atoms with van der Waals surface area (Å²) in [7, 11) is -2.53. The Labute approximate surface area is 203 Å². The molecule has 0 spiro atoms. The fourth-order valence-corrected chi connectivity index (χ4v) is 4.41. The van der Waals surface area contributed by atoms with Gasteiger partial charge >= 0.3 is 0 Å². The van der Waals surface area contributed by atoms with Gasteiger partial charge in [-0.3, -0.25) is 0 Å². The molecule has 9 heteroatoms. The SMILES string of the molecule is COc1ccc(S(=O)(=O)Nc2nc(Oc3ccccc3F)cc(-c3ccccc3C(C)C)n2)cc1. The lowest BCUT2D eigenvalue weighted by atomic mass is 9.95. The number of hydrogen-bond donors (Lipinski definition) is 1. The molecule has 0 saturated carbocycles. The van der Waals surface area contributed by atoms with E-state index in [-0.39, 0.29) is 28.4 Å². The summed E-state index contributed by atoms with van der Waals surface area (Å²) in [5, 5.41) is 0. The van der Waals surface area contributed by atoms with Crippen molar-refractivity contribution in [2.45, 2.75) is 24.7 Å². The number of nitrogens with zero attached hydrogens (tertiary/aromatic N) is 2. The molecular weight excluding hydrogens is 469 g/mol. The van der Waals surface area contributed by atoms with Crippen LogP contribution in [0.2, 0.25) is 0 Å². The fourth-order valence-electron chi connectivity index (χ4n) is 3.47. The summed E-state index contributed by atoms with van der Waals surface area (Å²) in [6.45, 7) is 4.09. The smallest absolute Gasteiger partial charge is 0.264 e. The van der Waals surface area contributed by atoms with E-state index in [1.807, 2.05) is 38.1 Å². The van der Waals surface area contributed by atoms with Gasteiger partial charge in [0.2, 0.25) is 11.8 Å². The van der Waals surface area contributed by atoms with Crippen LogP contribution in [-0.4, -0.2) is 25.5 Å². The second-order valence-electron chi connectivity index (χ2n) is 7.97. The second kappa shape index (κ2) is 10.1. The van der Waals surface area contributed by atoms with Crippen molar-refractivity contribution < 1.29 is 22.3 Å². The molecule has 0 atom stereocenters. The van der Waals surface area contributed by atoms with Crippen LogP contribution in [0.3, 0.4) is 0 Å². The monoisotopic (exact) mass is 493 g/mol. The van der Waals surface area contributed by atoms with Crippen molar-refractivity contribution in [2.24, 2.45) is 0 Å². The number of halogens is 1. The molecule has 0 aliphatic rings. The van der Waals surface area contributed by atoms with Crippen molar-refractivity contribution in [2.75, 3.05) is 11.8 Å². The summed E-state index contributed by atoms with van der Waals surface area (Å²) in [6.07, 6.45) is 0. The molecule has 180 valence electrons. The number of sulfonamides is 1. The van der Waals surface area contributed by atoms with Crippen LogP contribution < -0.4 is 14.2 Å². The summed E-state index contributed by atoms with van der Waals surface area (Å²) >= 11 is 0. The van der Waals surface area contributed by atoms with Crippen LogP contribution in [0.5, 0.6) is 17.4 Å². The van der Waals surface area contributed by atoms with E-state index in [9.17, 15) is 12.8 Å². The van der Waals surface area contributed by atoms with Crippen molar-refractivity contribution in [1.29, 1.82) is 0 Å². The molecule has 0 unspecified atom stereocenters. The zero-order chi connectivity index (χ0) is 25.0. The number of methoxy groups -OCH3 is 1. The Morgan fingerprint density at radius 2 is 1.60 bits per heavy atom. The zero-order valence-electron chi connectivity index (χ0n) is 19.4. The molecule has 0 aliphatic heterocycles. The van der Waals surface area contributed by atoms with E-state index in [4.69, 9.17) is 9.47 Å². The number of rotatable bonds is 8. The first-order valence-electron chi connectivity index (χ1n) is 10.8. The molecule has 4 rings (SSSR count). The summed E-state index contributed by atoms with van der Waals surface area (Å²) in [6, 6.07) is 21.0. The van der Waals surface area contributed by atoms with Gasteiger partial charge in [0.1, 0.15) is 5.75 Å². The van der Waals surface area contributed by atoms with Crippen LogP contribution in [0, 0.1) is 5.82 Å². The van der Waals surface area contributed by atoms with E-state index < -0.39 is 15.8 Å². The molecule has 1 N–H and O–H groups in total. The Bertz CT molecular complexity index is 1440. The minimum atomic E-state index is -4.02. The number of benzene rings is 3. The van der Waals surface area contributed by atoms with Gasteiger partial charge in [-0.05, 0) is 47.9 Å². The average molecular weight is 494 g/mol. The van der Waals surface area contributed by atoms with Gasteiger partial charge in [-0.15, -0.1) is 0 Å². The molecule has 0 saturated heterocycles. The summed E-state index contributed by atoms with van der Waals surface area (Å²) < 4.78 is 53.4. The number of anilines is 1.